The summed E-state index contributed by atoms with van der Waals surface area (Å²) < 4.78 is -0.0127. The summed E-state index contributed by atoms with van der Waals surface area (Å²) >= 11 is 2.83. The van der Waals surface area contributed by atoms with E-state index in [1.165, 1.54) is 6.08 Å². The fraction of sp³-hybridized carbons (Fsp3) is 0.667. The SMILES string of the molecule is OC1(O)CCC=C(Br)C1(O)O. The Kier molecular flexibility index (Phi) is 2.11. The number of allylic oxidation sites excluding steroid dienone is 1. The summed E-state index contributed by atoms with van der Waals surface area (Å²) in [6.07, 6.45) is 1.80. The second-order valence-electron chi connectivity index (χ2n) is 2.58. The van der Waals surface area contributed by atoms with Crippen molar-refractivity contribution in [3.8, 4) is 0 Å². The van der Waals surface area contributed by atoms with Crippen LogP contribution >= 0.6 is 15.9 Å². The number of halogens is 1. The average molecular weight is 225 g/mol. The molecule has 11 heavy (non-hydrogen) atoms. The lowest BCUT2D eigenvalue weighted by atomic mass is 9.94. The fourth-order valence-corrected chi connectivity index (χ4v) is 1.45. The van der Waals surface area contributed by atoms with Crippen LogP contribution in [0.5, 0.6) is 0 Å². The van der Waals surface area contributed by atoms with Crippen LogP contribution in [0.3, 0.4) is 0 Å². The Hall–Kier alpha value is 0.0600. The van der Waals surface area contributed by atoms with Gasteiger partial charge in [-0.05, 0) is 22.4 Å². The van der Waals surface area contributed by atoms with E-state index in [0.717, 1.165) is 0 Å². The molecular weight excluding hydrogens is 216 g/mol. The molecule has 1 rings (SSSR count). The molecule has 0 saturated heterocycles. The van der Waals surface area contributed by atoms with Crippen LogP contribution in [0.1, 0.15) is 12.8 Å². The molecule has 0 aliphatic heterocycles. The van der Waals surface area contributed by atoms with E-state index in [0.29, 0.717) is 6.42 Å². The van der Waals surface area contributed by atoms with Gasteiger partial charge < -0.3 is 20.4 Å². The highest BCUT2D eigenvalue weighted by molar-refractivity contribution is 9.11. The average Bonchev–Trinajstić information content (AvgIpc) is 1.84. The molecule has 0 aromatic heterocycles. The third-order valence-corrected chi connectivity index (χ3v) is 2.58. The van der Waals surface area contributed by atoms with Crippen LogP contribution in [-0.2, 0) is 0 Å². The molecule has 0 aromatic carbocycles. The minimum atomic E-state index is -2.58. The summed E-state index contributed by atoms with van der Waals surface area (Å²) in [7, 11) is 0. The molecule has 0 radical (unpaired) electrons. The van der Waals surface area contributed by atoms with Crippen molar-refractivity contribution in [2.24, 2.45) is 0 Å². The third-order valence-electron chi connectivity index (χ3n) is 1.71. The normalized spacial score (nSPS) is 27.9. The van der Waals surface area contributed by atoms with E-state index in [-0.39, 0.29) is 10.9 Å². The van der Waals surface area contributed by atoms with Gasteiger partial charge >= 0.3 is 0 Å². The zero-order valence-electron chi connectivity index (χ0n) is 5.66. The van der Waals surface area contributed by atoms with Gasteiger partial charge in [0.15, 0.2) is 0 Å². The van der Waals surface area contributed by atoms with Crippen LogP contribution in [0, 0.1) is 0 Å². The van der Waals surface area contributed by atoms with E-state index >= 15 is 0 Å². The van der Waals surface area contributed by atoms with Gasteiger partial charge in [-0.25, -0.2) is 0 Å². The minimum Gasteiger partial charge on any atom is -0.361 e. The van der Waals surface area contributed by atoms with Gasteiger partial charge in [-0.3, -0.25) is 0 Å². The Bertz CT molecular complexity index is 197. The van der Waals surface area contributed by atoms with E-state index in [9.17, 15) is 0 Å². The molecule has 0 unspecified atom stereocenters. The number of rotatable bonds is 0. The van der Waals surface area contributed by atoms with Crippen LogP contribution < -0.4 is 0 Å². The topological polar surface area (TPSA) is 80.9 Å². The zero-order chi connectivity index (χ0) is 8.70. The summed E-state index contributed by atoms with van der Waals surface area (Å²) in [5.74, 6) is -5.04. The Morgan fingerprint density at radius 1 is 1.27 bits per heavy atom. The van der Waals surface area contributed by atoms with Gasteiger partial charge in [0.25, 0.3) is 5.79 Å². The van der Waals surface area contributed by atoms with Gasteiger partial charge in [0.05, 0.1) is 4.48 Å². The van der Waals surface area contributed by atoms with Crippen LogP contribution in [0.4, 0.5) is 0 Å². The van der Waals surface area contributed by atoms with Gasteiger partial charge in [0.1, 0.15) is 0 Å². The van der Waals surface area contributed by atoms with Crippen molar-refractivity contribution in [3.63, 3.8) is 0 Å². The quantitative estimate of drug-likeness (QED) is 0.416. The molecule has 5 heteroatoms. The standard InChI is InChI=1S/C6H9BrO4/c7-4-2-1-3-5(8,9)6(4,10)11/h2,8-11H,1,3H2. The maximum atomic E-state index is 9.11. The van der Waals surface area contributed by atoms with Crippen molar-refractivity contribution in [2.75, 3.05) is 0 Å². The summed E-state index contributed by atoms with van der Waals surface area (Å²) in [5.41, 5.74) is 0. The molecule has 0 spiro atoms. The number of aliphatic hydroxyl groups is 4. The van der Waals surface area contributed by atoms with Gasteiger partial charge in [-0.2, -0.15) is 0 Å². The molecule has 1 aliphatic carbocycles. The fourth-order valence-electron chi connectivity index (χ4n) is 0.908. The molecule has 0 aromatic rings. The van der Waals surface area contributed by atoms with Crippen molar-refractivity contribution in [2.45, 2.75) is 24.4 Å². The summed E-state index contributed by atoms with van der Waals surface area (Å²) in [5, 5.41) is 36.3. The predicted molar refractivity (Wildman–Crippen MR) is 40.6 cm³/mol. The summed E-state index contributed by atoms with van der Waals surface area (Å²) in [4.78, 5) is 0. The highest BCUT2D eigenvalue weighted by atomic mass is 79.9. The van der Waals surface area contributed by atoms with Crippen LogP contribution in [-0.4, -0.2) is 32.0 Å². The highest BCUT2D eigenvalue weighted by Crippen LogP contribution is 2.36. The van der Waals surface area contributed by atoms with E-state index < -0.39 is 11.6 Å². The van der Waals surface area contributed by atoms with Crippen LogP contribution in [0.15, 0.2) is 10.6 Å². The molecule has 64 valence electrons. The molecule has 0 saturated carbocycles. The lowest BCUT2D eigenvalue weighted by Gasteiger charge is -2.37. The van der Waals surface area contributed by atoms with Crippen molar-refractivity contribution < 1.29 is 20.4 Å². The largest absolute Gasteiger partial charge is 0.361 e. The maximum Gasteiger partial charge on any atom is 0.252 e. The molecule has 0 bridgehead atoms. The first-order chi connectivity index (χ1) is 4.88. The molecule has 0 amide bonds. The lowest BCUT2D eigenvalue weighted by molar-refractivity contribution is -0.339. The van der Waals surface area contributed by atoms with Crippen LogP contribution in [0.2, 0.25) is 0 Å². The van der Waals surface area contributed by atoms with Crippen molar-refractivity contribution in [1.29, 1.82) is 0 Å². The first-order valence-corrected chi connectivity index (χ1v) is 3.93. The molecule has 4 nitrogen and oxygen atoms in total. The molecule has 4 N–H and O–H groups in total. The Labute approximate surface area is 71.9 Å². The molecule has 0 heterocycles. The van der Waals surface area contributed by atoms with Gasteiger partial charge in [-0.15, -0.1) is 0 Å². The molecular formula is C6H9BrO4. The predicted octanol–water partition coefficient (Wildman–Crippen LogP) is -0.579. The third kappa shape index (κ3) is 1.34. The zero-order valence-corrected chi connectivity index (χ0v) is 7.24. The summed E-state index contributed by atoms with van der Waals surface area (Å²) in [6, 6.07) is 0. The molecule has 1 aliphatic rings. The lowest BCUT2D eigenvalue weighted by Crippen LogP contribution is -2.56. The Morgan fingerprint density at radius 2 is 1.82 bits per heavy atom. The second-order valence-corrected chi connectivity index (χ2v) is 3.43. The highest BCUT2D eigenvalue weighted by Gasteiger charge is 2.50. The van der Waals surface area contributed by atoms with Crippen molar-refractivity contribution in [3.05, 3.63) is 10.6 Å². The van der Waals surface area contributed by atoms with Crippen molar-refractivity contribution >= 4 is 15.9 Å². The summed E-state index contributed by atoms with van der Waals surface area (Å²) in [6.45, 7) is 0. The smallest absolute Gasteiger partial charge is 0.252 e. The number of hydrogen-bond acceptors (Lipinski definition) is 4. The van der Waals surface area contributed by atoms with Gasteiger partial charge in [0, 0.05) is 6.42 Å². The van der Waals surface area contributed by atoms with E-state index in [2.05, 4.69) is 15.9 Å². The maximum absolute atomic E-state index is 9.11. The van der Waals surface area contributed by atoms with E-state index in [1.54, 1.807) is 0 Å². The van der Waals surface area contributed by atoms with Crippen molar-refractivity contribution in [1.82, 2.24) is 0 Å². The Balaban J connectivity index is 3.00. The number of hydrogen-bond donors (Lipinski definition) is 4. The van der Waals surface area contributed by atoms with E-state index in [4.69, 9.17) is 20.4 Å². The molecule has 0 fully saturated rings. The Morgan fingerprint density at radius 3 is 2.18 bits per heavy atom. The van der Waals surface area contributed by atoms with E-state index in [1.807, 2.05) is 0 Å². The minimum absolute atomic E-state index is 0.0127. The second kappa shape index (κ2) is 2.53. The van der Waals surface area contributed by atoms with Gasteiger partial charge in [-0.1, -0.05) is 6.08 Å². The van der Waals surface area contributed by atoms with Gasteiger partial charge in [0.2, 0.25) is 5.79 Å². The first kappa shape index (κ1) is 9.15. The van der Waals surface area contributed by atoms with Crippen LogP contribution in [0.25, 0.3) is 0 Å². The monoisotopic (exact) mass is 224 g/mol. The first-order valence-electron chi connectivity index (χ1n) is 3.13. The molecule has 0 atom stereocenters.